The van der Waals surface area contributed by atoms with Crippen LogP contribution >= 0.6 is 0 Å². The van der Waals surface area contributed by atoms with Crippen molar-refractivity contribution < 1.29 is 27.1 Å². The van der Waals surface area contributed by atoms with Crippen LogP contribution in [0.2, 0.25) is 0 Å². The van der Waals surface area contributed by atoms with Crippen LogP contribution in [0.3, 0.4) is 0 Å². The Morgan fingerprint density at radius 3 is 2.63 bits per heavy atom. The van der Waals surface area contributed by atoms with E-state index in [1.165, 1.54) is 13.0 Å². The zero-order valence-electron chi connectivity index (χ0n) is 9.92. The van der Waals surface area contributed by atoms with E-state index in [1.807, 2.05) is 0 Å². The first kappa shape index (κ1) is 15.2. The maximum Gasteiger partial charge on any atom is 0.411 e. The number of nitrogen functional groups attached to an aromatic ring is 1. The molecule has 1 aromatic carbocycles. The van der Waals surface area contributed by atoms with E-state index in [1.54, 1.807) is 0 Å². The predicted octanol–water partition coefficient (Wildman–Crippen LogP) is 2.31. The first-order valence-corrected chi connectivity index (χ1v) is 5.23. The molecule has 1 aromatic rings. The predicted molar refractivity (Wildman–Crippen MR) is 60.9 cm³/mol. The second-order valence-corrected chi connectivity index (χ2v) is 3.79. The van der Waals surface area contributed by atoms with E-state index >= 15 is 0 Å². The van der Waals surface area contributed by atoms with Crippen molar-refractivity contribution in [3.8, 4) is 0 Å². The van der Waals surface area contributed by atoms with Crippen LogP contribution < -0.4 is 11.1 Å². The Bertz CT molecular complexity index is 462. The Morgan fingerprint density at radius 1 is 1.47 bits per heavy atom. The average molecular weight is 280 g/mol. The second kappa shape index (κ2) is 5.87. The minimum absolute atomic E-state index is 0.173. The van der Waals surface area contributed by atoms with Gasteiger partial charge in [-0.05, 0) is 25.1 Å². The van der Waals surface area contributed by atoms with Crippen molar-refractivity contribution in [1.29, 1.82) is 0 Å². The van der Waals surface area contributed by atoms with Gasteiger partial charge in [0.25, 0.3) is 5.91 Å². The summed E-state index contributed by atoms with van der Waals surface area (Å²) in [5.74, 6) is -1.44. The fourth-order valence-electron chi connectivity index (χ4n) is 1.16. The molecule has 0 saturated heterocycles. The maximum absolute atomic E-state index is 12.9. The quantitative estimate of drug-likeness (QED) is 0.657. The fraction of sp³-hybridized carbons (Fsp3) is 0.364. The summed E-state index contributed by atoms with van der Waals surface area (Å²) in [6, 6.07) is 3.43. The average Bonchev–Trinajstić information content (AvgIpc) is 2.29. The number of halogens is 4. The van der Waals surface area contributed by atoms with Crippen molar-refractivity contribution in [2.45, 2.75) is 19.2 Å². The molecule has 1 atom stereocenters. The van der Waals surface area contributed by atoms with E-state index in [0.717, 1.165) is 12.1 Å². The smallest absolute Gasteiger partial charge is 0.396 e. The van der Waals surface area contributed by atoms with Crippen LogP contribution in [0.15, 0.2) is 18.2 Å². The van der Waals surface area contributed by atoms with E-state index in [9.17, 15) is 22.4 Å². The molecule has 106 valence electrons. The molecule has 0 aliphatic rings. The Balaban J connectivity index is 2.56. The normalized spacial score (nSPS) is 13.1. The van der Waals surface area contributed by atoms with Gasteiger partial charge < -0.3 is 15.8 Å². The molecule has 1 unspecified atom stereocenters. The van der Waals surface area contributed by atoms with E-state index in [2.05, 4.69) is 10.1 Å². The van der Waals surface area contributed by atoms with Crippen LogP contribution in [-0.4, -0.2) is 24.8 Å². The van der Waals surface area contributed by atoms with Gasteiger partial charge in [0.2, 0.25) is 0 Å². The highest BCUT2D eigenvalue weighted by atomic mass is 19.4. The summed E-state index contributed by atoms with van der Waals surface area (Å²) >= 11 is 0. The highest BCUT2D eigenvalue weighted by Crippen LogP contribution is 2.18. The SMILES string of the molecule is CC(OCC(F)(F)F)C(=O)Nc1ccc(F)c(N)c1. The summed E-state index contributed by atoms with van der Waals surface area (Å²) in [5, 5.41) is 2.27. The lowest BCUT2D eigenvalue weighted by atomic mass is 10.2. The zero-order valence-corrected chi connectivity index (χ0v) is 9.92. The van der Waals surface area contributed by atoms with E-state index in [0.29, 0.717) is 0 Å². The van der Waals surface area contributed by atoms with E-state index in [4.69, 9.17) is 5.73 Å². The molecular weight excluding hydrogens is 268 g/mol. The number of carbonyl (C=O) groups is 1. The Kier molecular flexibility index (Phi) is 4.71. The number of amides is 1. The molecule has 1 rings (SSSR count). The van der Waals surface area contributed by atoms with Gasteiger partial charge in [0.05, 0.1) is 5.69 Å². The molecule has 4 nitrogen and oxygen atoms in total. The third kappa shape index (κ3) is 5.12. The van der Waals surface area contributed by atoms with Gasteiger partial charge in [-0.25, -0.2) is 4.39 Å². The lowest BCUT2D eigenvalue weighted by molar-refractivity contribution is -0.184. The molecule has 3 N–H and O–H groups in total. The highest BCUT2D eigenvalue weighted by molar-refractivity contribution is 5.94. The monoisotopic (exact) mass is 280 g/mol. The van der Waals surface area contributed by atoms with Crippen LogP contribution in [0.25, 0.3) is 0 Å². The minimum atomic E-state index is -4.51. The molecule has 1 amide bonds. The molecular formula is C11H12F4N2O2. The van der Waals surface area contributed by atoms with Crippen molar-refractivity contribution >= 4 is 17.3 Å². The standard InChI is InChI=1S/C11H12F4N2O2/c1-6(19-5-11(13,14)15)10(18)17-7-2-3-8(12)9(16)4-7/h2-4,6H,5,16H2,1H3,(H,17,18). The molecule has 0 aliphatic heterocycles. The van der Waals surface area contributed by atoms with Gasteiger partial charge >= 0.3 is 6.18 Å². The zero-order chi connectivity index (χ0) is 14.6. The Labute approximate surface area is 106 Å². The topological polar surface area (TPSA) is 64.3 Å². The van der Waals surface area contributed by atoms with E-state index < -0.39 is 30.6 Å². The fourth-order valence-corrected chi connectivity index (χ4v) is 1.16. The number of carbonyl (C=O) groups excluding carboxylic acids is 1. The molecule has 0 heterocycles. The summed E-state index contributed by atoms with van der Waals surface area (Å²) in [5.41, 5.74) is 5.28. The number of alkyl halides is 3. The Morgan fingerprint density at radius 2 is 2.11 bits per heavy atom. The molecule has 0 aromatic heterocycles. The van der Waals surface area contributed by atoms with Crippen LogP contribution in [0, 0.1) is 5.82 Å². The molecule has 0 spiro atoms. The molecule has 8 heteroatoms. The molecule has 0 bridgehead atoms. The first-order chi connectivity index (χ1) is 8.69. The maximum atomic E-state index is 12.9. The van der Waals surface area contributed by atoms with Crippen molar-refractivity contribution in [1.82, 2.24) is 0 Å². The molecule has 19 heavy (non-hydrogen) atoms. The highest BCUT2D eigenvalue weighted by Gasteiger charge is 2.29. The summed E-state index contributed by atoms with van der Waals surface area (Å²) in [6.07, 6.45) is -5.80. The van der Waals surface area contributed by atoms with Crippen molar-refractivity contribution in [2.75, 3.05) is 17.7 Å². The minimum Gasteiger partial charge on any atom is -0.396 e. The number of ether oxygens (including phenoxy) is 1. The van der Waals surface area contributed by atoms with Gasteiger partial charge in [0, 0.05) is 5.69 Å². The van der Waals surface area contributed by atoms with Crippen LogP contribution in [0.5, 0.6) is 0 Å². The summed E-state index contributed by atoms with van der Waals surface area (Å²) in [7, 11) is 0. The third-order valence-electron chi connectivity index (χ3n) is 2.13. The third-order valence-corrected chi connectivity index (χ3v) is 2.13. The van der Waals surface area contributed by atoms with Gasteiger partial charge in [-0.3, -0.25) is 4.79 Å². The summed E-state index contributed by atoms with van der Waals surface area (Å²) < 4.78 is 52.9. The van der Waals surface area contributed by atoms with Gasteiger partial charge in [-0.1, -0.05) is 0 Å². The van der Waals surface area contributed by atoms with Crippen LogP contribution in [0.4, 0.5) is 28.9 Å². The van der Waals surface area contributed by atoms with Crippen molar-refractivity contribution in [3.05, 3.63) is 24.0 Å². The summed E-state index contributed by atoms with van der Waals surface area (Å²) in [6.45, 7) is -0.346. The number of rotatable bonds is 4. The van der Waals surface area contributed by atoms with Gasteiger partial charge in [0.1, 0.15) is 18.5 Å². The van der Waals surface area contributed by atoms with Crippen molar-refractivity contribution in [3.63, 3.8) is 0 Å². The lowest BCUT2D eigenvalue weighted by Crippen LogP contribution is -2.31. The van der Waals surface area contributed by atoms with Gasteiger partial charge in [0.15, 0.2) is 0 Å². The number of nitrogens with two attached hydrogens (primary N) is 1. The number of benzene rings is 1. The second-order valence-electron chi connectivity index (χ2n) is 3.79. The Hall–Kier alpha value is -1.83. The molecule has 0 saturated carbocycles. The largest absolute Gasteiger partial charge is 0.411 e. The molecule has 0 radical (unpaired) electrons. The number of hydrogen-bond acceptors (Lipinski definition) is 3. The van der Waals surface area contributed by atoms with Crippen LogP contribution in [-0.2, 0) is 9.53 Å². The molecule has 0 aliphatic carbocycles. The summed E-state index contributed by atoms with van der Waals surface area (Å²) in [4.78, 5) is 11.5. The van der Waals surface area contributed by atoms with Crippen molar-refractivity contribution in [2.24, 2.45) is 0 Å². The van der Waals surface area contributed by atoms with Crippen LogP contribution in [0.1, 0.15) is 6.92 Å². The number of nitrogens with one attached hydrogen (secondary N) is 1. The number of anilines is 2. The molecule has 0 fully saturated rings. The van der Waals surface area contributed by atoms with E-state index in [-0.39, 0.29) is 11.4 Å². The van der Waals surface area contributed by atoms with Gasteiger partial charge in [-0.15, -0.1) is 0 Å². The first-order valence-electron chi connectivity index (χ1n) is 5.23. The van der Waals surface area contributed by atoms with Gasteiger partial charge in [-0.2, -0.15) is 13.2 Å². The number of hydrogen-bond donors (Lipinski definition) is 2. The lowest BCUT2D eigenvalue weighted by Gasteiger charge is -2.15.